The number of aryl methyl sites for hydroxylation is 1. The van der Waals surface area contributed by atoms with Crippen LogP contribution >= 0.6 is 0 Å². The van der Waals surface area contributed by atoms with Crippen LogP contribution in [0.4, 0.5) is 9.18 Å². The third-order valence-corrected chi connectivity index (χ3v) is 3.54. The Kier molecular flexibility index (Phi) is 3.81. The predicted octanol–water partition coefficient (Wildman–Crippen LogP) is 1.23. The number of halogens is 1. The van der Waals surface area contributed by atoms with E-state index in [9.17, 15) is 9.18 Å². The number of urea groups is 1. The minimum absolute atomic E-state index is 0.0137. The summed E-state index contributed by atoms with van der Waals surface area (Å²) in [5, 5.41) is 9.65. The van der Waals surface area contributed by atoms with Gasteiger partial charge in [-0.25, -0.2) is 18.9 Å². The molecule has 1 aromatic carbocycles. The number of hydrogen-bond acceptors (Lipinski definition) is 3. The molecule has 110 valence electrons. The third-order valence-electron chi connectivity index (χ3n) is 3.54. The Balaban J connectivity index is 1.50. The first-order valence-electron chi connectivity index (χ1n) is 6.87. The number of rotatable bonds is 3. The molecule has 0 unspecified atom stereocenters. The van der Waals surface area contributed by atoms with E-state index in [0.717, 1.165) is 18.7 Å². The maximum atomic E-state index is 13.4. The Bertz CT molecular complexity index is 642. The van der Waals surface area contributed by atoms with Gasteiger partial charge in [-0.1, -0.05) is 18.2 Å². The lowest BCUT2D eigenvalue weighted by atomic mass is 10.1. The molecule has 0 saturated carbocycles. The number of carbonyl (C=O) groups excluding carboxylic acids is 1. The van der Waals surface area contributed by atoms with E-state index < -0.39 is 0 Å². The zero-order valence-corrected chi connectivity index (χ0v) is 11.4. The van der Waals surface area contributed by atoms with E-state index in [2.05, 4.69) is 20.7 Å². The van der Waals surface area contributed by atoms with Crippen molar-refractivity contribution in [2.45, 2.75) is 32.0 Å². The van der Waals surface area contributed by atoms with Crippen LogP contribution in [0.1, 0.15) is 17.8 Å². The summed E-state index contributed by atoms with van der Waals surface area (Å²) < 4.78 is 15.2. The standard InChI is InChI=1S/C14H16FN5O/c15-12-4-2-1-3-10(12)7-16-14(21)19-11-5-6-13-17-9-18-20(13)8-11/h1-4,9,11H,5-8H2,(H2,16,19,21)/t11-/m0/s1. The molecule has 3 rings (SSSR count). The fraction of sp³-hybridized carbons (Fsp3) is 0.357. The number of nitrogens with one attached hydrogen (secondary N) is 2. The molecule has 2 aromatic rings. The Morgan fingerprint density at radius 1 is 1.43 bits per heavy atom. The second kappa shape index (κ2) is 5.90. The van der Waals surface area contributed by atoms with Crippen molar-refractivity contribution < 1.29 is 9.18 Å². The van der Waals surface area contributed by atoms with Crippen molar-refractivity contribution in [2.75, 3.05) is 0 Å². The smallest absolute Gasteiger partial charge is 0.315 e. The minimum atomic E-state index is -0.317. The molecule has 2 N–H and O–H groups in total. The molecule has 0 fully saturated rings. The van der Waals surface area contributed by atoms with Gasteiger partial charge in [-0.2, -0.15) is 5.10 Å². The summed E-state index contributed by atoms with van der Waals surface area (Å²) >= 11 is 0. The number of carbonyl (C=O) groups is 1. The van der Waals surface area contributed by atoms with E-state index >= 15 is 0 Å². The average molecular weight is 289 g/mol. The van der Waals surface area contributed by atoms with Crippen LogP contribution in [0.3, 0.4) is 0 Å². The van der Waals surface area contributed by atoms with Crippen molar-refractivity contribution in [1.82, 2.24) is 25.4 Å². The van der Waals surface area contributed by atoms with Crippen molar-refractivity contribution in [3.8, 4) is 0 Å². The van der Waals surface area contributed by atoms with Crippen molar-refractivity contribution >= 4 is 6.03 Å². The lowest BCUT2D eigenvalue weighted by Crippen LogP contribution is -2.45. The topological polar surface area (TPSA) is 71.8 Å². The van der Waals surface area contributed by atoms with Crippen LogP contribution in [0.25, 0.3) is 0 Å². The molecule has 1 aliphatic rings. The van der Waals surface area contributed by atoms with E-state index in [1.165, 1.54) is 12.4 Å². The number of aromatic nitrogens is 3. The van der Waals surface area contributed by atoms with Crippen molar-refractivity contribution in [2.24, 2.45) is 0 Å². The van der Waals surface area contributed by atoms with Gasteiger partial charge in [-0.15, -0.1) is 0 Å². The maximum Gasteiger partial charge on any atom is 0.315 e. The van der Waals surface area contributed by atoms with Crippen LogP contribution in [0.2, 0.25) is 0 Å². The Morgan fingerprint density at radius 3 is 3.14 bits per heavy atom. The molecule has 2 amide bonds. The summed E-state index contributed by atoms with van der Waals surface area (Å²) in [6.07, 6.45) is 3.14. The van der Waals surface area contributed by atoms with Crippen LogP contribution in [-0.4, -0.2) is 26.8 Å². The summed E-state index contributed by atoms with van der Waals surface area (Å²) in [6, 6.07) is 6.11. The normalized spacial score (nSPS) is 17.1. The first kappa shape index (κ1) is 13.5. The lowest BCUT2D eigenvalue weighted by Gasteiger charge is -2.23. The van der Waals surface area contributed by atoms with Gasteiger partial charge >= 0.3 is 6.03 Å². The quantitative estimate of drug-likeness (QED) is 0.892. The molecule has 0 bridgehead atoms. The highest BCUT2D eigenvalue weighted by atomic mass is 19.1. The zero-order chi connectivity index (χ0) is 14.7. The minimum Gasteiger partial charge on any atom is -0.334 e. The van der Waals surface area contributed by atoms with E-state index in [-0.39, 0.29) is 24.4 Å². The molecule has 0 saturated heterocycles. The summed E-state index contributed by atoms with van der Waals surface area (Å²) in [4.78, 5) is 16.0. The van der Waals surface area contributed by atoms with Gasteiger partial charge in [-0.05, 0) is 12.5 Å². The monoisotopic (exact) mass is 289 g/mol. The van der Waals surface area contributed by atoms with Gasteiger partial charge in [0.1, 0.15) is 18.0 Å². The molecule has 7 heteroatoms. The van der Waals surface area contributed by atoms with E-state index in [4.69, 9.17) is 0 Å². The molecule has 1 aromatic heterocycles. The molecule has 1 aliphatic heterocycles. The lowest BCUT2D eigenvalue weighted by molar-refractivity contribution is 0.231. The first-order valence-corrected chi connectivity index (χ1v) is 6.87. The summed E-state index contributed by atoms with van der Waals surface area (Å²) in [6.45, 7) is 0.780. The van der Waals surface area contributed by atoms with Gasteiger partial charge in [0.05, 0.1) is 12.6 Å². The number of fused-ring (bicyclic) bond motifs is 1. The number of hydrogen-bond donors (Lipinski definition) is 2. The van der Waals surface area contributed by atoms with Gasteiger partial charge < -0.3 is 10.6 Å². The second-order valence-electron chi connectivity index (χ2n) is 5.01. The highest BCUT2D eigenvalue weighted by Crippen LogP contribution is 2.11. The molecule has 2 heterocycles. The van der Waals surface area contributed by atoms with E-state index in [0.29, 0.717) is 12.1 Å². The average Bonchev–Trinajstić information content (AvgIpc) is 2.94. The van der Waals surface area contributed by atoms with Gasteiger partial charge in [0.15, 0.2) is 0 Å². The van der Waals surface area contributed by atoms with E-state index in [1.807, 2.05) is 0 Å². The van der Waals surface area contributed by atoms with Crippen LogP contribution in [0.5, 0.6) is 0 Å². The summed E-state index contributed by atoms with van der Waals surface area (Å²) in [5.74, 6) is 0.627. The van der Waals surface area contributed by atoms with Gasteiger partial charge in [-0.3, -0.25) is 0 Å². The first-order chi connectivity index (χ1) is 10.2. The van der Waals surface area contributed by atoms with E-state index in [1.54, 1.807) is 22.9 Å². The van der Waals surface area contributed by atoms with Crippen molar-refractivity contribution in [1.29, 1.82) is 0 Å². The number of amides is 2. The molecule has 6 nitrogen and oxygen atoms in total. The third kappa shape index (κ3) is 3.18. The highest BCUT2D eigenvalue weighted by molar-refractivity contribution is 5.74. The molecule has 0 spiro atoms. The molecular formula is C14H16FN5O. The van der Waals surface area contributed by atoms with Gasteiger partial charge in [0, 0.05) is 18.5 Å². The largest absolute Gasteiger partial charge is 0.334 e. The van der Waals surface area contributed by atoms with Crippen LogP contribution < -0.4 is 10.6 Å². The second-order valence-corrected chi connectivity index (χ2v) is 5.01. The number of benzene rings is 1. The predicted molar refractivity (Wildman–Crippen MR) is 73.9 cm³/mol. The zero-order valence-electron chi connectivity index (χ0n) is 11.4. The Morgan fingerprint density at radius 2 is 2.29 bits per heavy atom. The van der Waals surface area contributed by atoms with Gasteiger partial charge in [0.2, 0.25) is 0 Å². The molecule has 0 radical (unpaired) electrons. The Labute approximate surface area is 121 Å². The van der Waals surface area contributed by atoms with Crippen molar-refractivity contribution in [3.05, 3.63) is 47.8 Å². The van der Waals surface area contributed by atoms with Gasteiger partial charge in [0.25, 0.3) is 0 Å². The molecule has 21 heavy (non-hydrogen) atoms. The summed E-state index contributed by atoms with van der Waals surface area (Å²) in [7, 11) is 0. The van der Waals surface area contributed by atoms with Crippen LogP contribution in [0.15, 0.2) is 30.6 Å². The fourth-order valence-electron chi connectivity index (χ4n) is 2.41. The molecular weight excluding hydrogens is 273 g/mol. The van der Waals surface area contributed by atoms with Crippen molar-refractivity contribution in [3.63, 3.8) is 0 Å². The fourth-order valence-corrected chi connectivity index (χ4v) is 2.41. The Hall–Kier alpha value is -2.44. The molecule has 1 atom stereocenters. The molecule has 0 aliphatic carbocycles. The van der Waals surface area contributed by atoms with Crippen LogP contribution in [0, 0.1) is 5.82 Å². The maximum absolute atomic E-state index is 13.4. The van der Waals surface area contributed by atoms with Crippen LogP contribution in [-0.2, 0) is 19.5 Å². The SMILES string of the molecule is O=C(NCc1ccccc1F)N[C@H]1CCc2ncnn2C1. The highest BCUT2D eigenvalue weighted by Gasteiger charge is 2.21. The summed E-state index contributed by atoms with van der Waals surface area (Å²) in [5.41, 5.74) is 0.467. The number of nitrogens with zero attached hydrogens (tertiary/aromatic N) is 3.